The zero-order valence-corrected chi connectivity index (χ0v) is 19.2. The molecule has 0 saturated heterocycles. The number of hydrogen-bond acceptors (Lipinski definition) is 4. The summed E-state index contributed by atoms with van der Waals surface area (Å²) < 4.78 is 6.93. The van der Waals surface area contributed by atoms with Crippen LogP contribution in [0.4, 0.5) is 5.82 Å². The SMILES string of the molecule is COc1cccc(-c2c(NC(=O)c3ccc(Cl)cc3)n(-c3ccc(C)cc3)nc(C)c2=O)c1. The van der Waals surface area contributed by atoms with Crippen LogP contribution in [0.1, 0.15) is 21.6 Å². The van der Waals surface area contributed by atoms with Crippen LogP contribution in [-0.4, -0.2) is 22.8 Å². The molecular weight excluding hydrogens is 438 g/mol. The van der Waals surface area contributed by atoms with Crippen LogP contribution < -0.4 is 15.5 Å². The number of nitrogens with one attached hydrogen (secondary N) is 1. The molecule has 1 aromatic heterocycles. The number of methoxy groups -OCH3 is 1. The quantitative estimate of drug-likeness (QED) is 0.432. The Hall–Kier alpha value is -3.90. The molecule has 1 amide bonds. The maximum absolute atomic E-state index is 13.3. The maximum Gasteiger partial charge on any atom is 0.256 e. The van der Waals surface area contributed by atoms with Crippen LogP contribution >= 0.6 is 11.6 Å². The summed E-state index contributed by atoms with van der Waals surface area (Å²) in [5.41, 5.74) is 3.15. The molecule has 0 unspecified atom stereocenters. The zero-order chi connectivity index (χ0) is 23.5. The second-order valence-electron chi connectivity index (χ2n) is 7.58. The van der Waals surface area contributed by atoms with Crippen molar-refractivity contribution in [2.24, 2.45) is 0 Å². The molecule has 0 bridgehead atoms. The lowest BCUT2D eigenvalue weighted by atomic mass is 10.0. The monoisotopic (exact) mass is 459 g/mol. The molecule has 4 rings (SSSR count). The number of nitrogens with zero attached hydrogens (tertiary/aromatic N) is 2. The molecule has 7 heteroatoms. The van der Waals surface area contributed by atoms with Gasteiger partial charge in [0.25, 0.3) is 5.91 Å². The van der Waals surface area contributed by atoms with Gasteiger partial charge in [0, 0.05) is 10.6 Å². The predicted molar refractivity (Wildman–Crippen MR) is 131 cm³/mol. The minimum absolute atomic E-state index is 0.266. The summed E-state index contributed by atoms with van der Waals surface area (Å²) in [5, 5.41) is 7.93. The van der Waals surface area contributed by atoms with Gasteiger partial charge in [-0.2, -0.15) is 5.10 Å². The molecule has 1 N–H and O–H groups in total. The van der Waals surface area contributed by atoms with E-state index in [1.165, 1.54) is 0 Å². The molecule has 0 atom stereocenters. The molecule has 0 radical (unpaired) electrons. The highest BCUT2D eigenvalue weighted by atomic mass is 35.5. The van der Waals surface area contributed by atoms with Gasteiger partial charge in [0.2, 0.25) is 5.43 Å². The normalized spacial score (nSPS) is 10.7. The van der Waals surface area contributed by atoms with Gasteiger partial charge in [0.05, 0.1) is 18.4 Å². The number of anilines is 1. The van der Waals surface area contributed by atoms with Crippen molar-refractivity contribution in [2.75, 3.05) is 12.4 Å². The summed E-state index contributed by atoms with van der Waals surface area (Å²) in [4.78, 5) is 26.4. The van der Waals surface area contributed by atoms with Crippen LogP contribution in [0.5, 0.6) is 5.75 Å². The van der Waals surface area contributed by atoms with Crippen molar-refractivity contribution >= 4 is 23.3 Å². The Bertz CT molecular complexity index is 1380. The van der Waals surface area contributed by atoms with Crippen LogP contribution in [0.25, 0.3) is 16.8 Å². The van der Waals surface area contributed by atoms with Crippen molar-refractivity contribution in [1.82, 2.24) is 9.78 Å². The molecular formula is C26H22ClN3O3. The van der Waals surface area contributed by atoms with E-state index in [2.05, 4.69) is 10.4 Å². The summed E-state index contributed by atoms with van der Waals surface area (Å²) in [6.45, 7) is 3.64. The predicted octanol–water partition coefficient (Wildman–Crippen LogP) is 5.43. The van der Waals surface area contributed by atoms with Crippen molar-refractivity contribution in [2.45, 2.75) is 13.8 Å². The Morgan fingerprint density at radius 2 is 1.70 bits per heavy atom. The number of amides is 1. The first-order valence-electron chi connectivity index (χ1n) is 10.3. The average Bonchev–Trinajstić information content (AvgIpc) is 2.82. The maximum atomic E-state index is 13.3. The highest BCUT2D eigenvalue weighted by molar-refractivity contribution is 6.30. The lowest BCUT2D eigenvalue weighted by Gasteiger charge is -2.19. The lowest BCUT2D eigenvalue weighted by molar-refractivity contribution is 0.102. The van der Waals surface area contributed by atoms with Gasteiger partial charge in [-0.1, -0.05) is 41.4 Å². The van der Waals surface area contributed by atoms with Gasteiger partial charge in [0.1, 0.15) is 17.3 Å². The number of benzene rings is 3. The van der Waals surface area contributed by atoms with E-state index in [0.717, 1.165) is 5.56 Å². The smallest absolute Gasteiger partial charge is 0.256 e. The third kappa shape index (κ3) is 4.66. The molecule has 166 valence electrons. The van der Waals surface area contributed by atoms with Crippen LogP contribution in [0, 0.1) is 13.8 Å². The second-order valence-corrected chi connectivity index (χ2v) is 8.01. The second kappa shape index (κ2) is 9.30. The molecule has 0 saturated carbocycles. The van der Waals surface area contributed by atoms with E-state index < -0.39 is 0 Å². The zero-order valence-electron chi connectivity index (χ0n) is 18.4. The van der Waals surface area contributed by atoms with Gasteiger partial charge in [-0.05, 0) is 67.9 Å². The number of aromatic nitrogens is 2. The fraction of sp³-hybridized carbons (Fsp3) is 0.115. The minimum Gasteiger partial charge on any atom is -0.497 e. The van der Waals surface area contributed by atoms with Crippen molar-refractivity contribution in [1.29, 1.82) is 0 Å². The Labute approximate surface area is 196 Å². The van der Waals surface area contributed by atoms with E-state index in [9.17, 15) is 9.59 Å². The Balaban J connectivity index is 1.96. The van der Waals surface area contributed by atoms with Gasteiger partial charge in [-0.15, -0.1) is 0 Å². The average molecular weight is 460 g/mol. The summed E-state index contributed by atoms with van der Waals surface area (Å²) in [5.74, 6) is 0.475. The third-order valence-electron chi connectivity index (χ3n) is 5.23. The van der Waals surface area contributed by atoms with E-state index in [-0.39, 0.29) is 17.2 Å². The lowest BCUT2D eigenvalue weighted by Crippen LogP contribution is -2.25. The molecule has 0 spiro atoms. The molecule has 0 fully saturated rings. The highest BCUT2D eigenvalue weighted by Gasteiger charge is 2.21. The van der Waals surface area contributed by atoms with E-state index in [1.807, 2.05) is 31.2 Å². The summed E-state index contributed by atoms with van der Waals surface area (Å²) >= 11 is 5.97. The fourth-order valence-electron chi connectivity index (χ4n) is 3.46. The molecule has 33 heavy (non-hydrogen) atoms. The number of carbonyl (C=O) groups is 1. The Morgan fingerprint density at radius 3 is 2.36 bits per heavy atom. The topological polar surface area (TPSA) is 73.2 Å². The van der Waals surface area contributed by atoms with E-state index >= 15 is 0 Å². The van der Waals surface area contributed by atoms with Crippen molar-refractivity contribution in [3.63, 3.8) is 0 Å². The molecule has 3 aromatic carbocycles. The van der Waals surface area contributed by atoms with Crippen LogP contribution in [0.15, 0.2) is 77.6 Å². The molecule has 6 nitrogen and oxygen atoms in total. The molecule has 0 aliphatic heterocycles. The number of rotatable bonds is 5. The number of aryl methyl sites for hydroxylation is 2. The number of ether oxygens (including phenoxy) is 1. The van der Waals surface area contributed by atoms with Crippen molar-refractivity contribution < 1.29 is 9.53 Å². The van der Waals surface area contributed by atoms with Gasteiger partial charge < -0.3 is 10.1 Å². The summed E-state index contributed by atoms with van der Waals surface area (Å²) in [7, 11) is 1.56. The van der Waals surface area contributed by atoms with E-state index in [0.29, 0.717) is 38.8 Å². The molecule has 1 heterocycles. The number of hydrogen-bond donors (Lipinski definition) is 1. The van der Waals surface area contributed by atoms with Crippen LogP contribution in [0.3, 0.4) is 0 Å². The van der Waals surface area contributed by atoms with Crippen LogP contribution in [-0.2, 0) is 0 Å². The molecule has 0 aliphatic carbocycles. The Kier molecular flexibility index (Phi) is 6.29. The van der Waals surface area contributed by atoms with Crippen molar-refractivity contribution in [3.05, 3.63) is 105 Å². The Morgan fingerprint density at radius 1 is 1.00 bits per heavy atom. The van der Waals surface area contributed by atoms with Gasteiger partial charge >= 0.3 is 0 Å². The third-order valence-corrected chi connectivity index (χ3v) is 5.48. The van der Waals surface area contributed by atoms with Gasteiger partial charge in [-0.3, -0.25) is 9.59 Å². The van der Waals surface area contributed by atoms with Crippen molar-refractivity contribution in [3.8, 4) is 22.6 Å². The fourth-order valence-corrected chi connectivity index (χ4v) is 3.58. The number of halogens is 1. The first kappa shape index (κ1) is 22.3. The van der Waals surface area contributed by atoms with E-state index in [1.54, 1.807) is 67.2 Å². The van der Waals surface area contributed by atoms with E-state index in [4.69, 9.17) is 16.3 Å². The summed E-state index contributed by atoms with van der Waals surface area (Å²) in [6, 6.07) is 21.3. The molecule has 0 aliphatic rings. The standard InChI is InChI=1S/C26H22ClN3O3/c1-16-7-13-21(14-8-16)30-25(28-26(32)18-9-11-20(27)12-10-18)23(24(31)17(2)29-30)19-5-4-6-22(15-19)33-3/h4-15H,1-3H3,(H,28,32). The largest absolute Gasteiger partial charge is 0.497 e. The molecule has 4 aromatic rings. The first-order valence-corrected chi connectivity index (χ1v) is 10.7. The highest BCUT2D eigenvalue weighted by Crippen LogP contribution is 2.30. The van der Waals surface area contributed by atoms with Crippen LogP contribution in [0.2, 0.25) is 5.02 Å². The van der Waals surface area contributed by atoms with Gasteiger partial charge in [0.15, 0.2) is 0 Å². The summed E-state index contributed by atoms with van der Waals surface area (Å²) in [6.07, 6.45) is 0. The van der Waals surface area contributed by atoms with Gasteiger partial charge in [-0.25, -0.2) is 4.68 Å². The first-order chi connectivity index (χ1) is 15.9. The minimum atomic E-state index is -0.387. The number of carbonyl (C=O) groups excluding carboxylic acids is 1.